The second-order valence-electron chi connectivity index (χ2n) is 5.27. The van der Waals surface area contributed by atoms with Gasteiger partial charge < -0.3 is 4.74 Å². The molecule has 0 saturated heterocycles. The molecule has 8 heteroatoms. The summed E-state index contributed by atoms with van der Waals surface area (Å²) in [6.45, 7) is 0. The predicted octanol–water partition coefficient (Wildman–Crippen LogP) is 4.19. The molecular weight excluding hydrogens is 356 g/mol. The predicted molar refractivity (Wildman–Crippen MR) is 96.9 cm³/mol. The Labute approximate surface area is 150 Å². The van der Waals surface area contributed by atoms with E-state index in [1.807, 2.05) is 0 Å². The molecule has 0 aliphatic rings. The minimum atomic E-state index is -3.97. The summed E-state index contributed by atoms with van der Waals surface area (Å²) in [6, 6.07) is 20.3. The fourth-order valence-corrected chi connectivity index (χ4v) is 3.31. The van der Waals surface area contributed by atoms with E-state index in [1.54, 1.807) is 60.7 Å². The van der Waals surface area contributed by atoms with Crippen molar-refractivity contribution in [1.82, 2.24) is 0 Å². The molecule has 0 saturated carbocycles. The van der Waals surface area contributed by atoms with Gasteiger partial charge >= 0.3 is 5.69 Å². The van der Waals surface area contributed by atoms with Crippen LogP contribution in [-0.4, -0.2) is 13.3 Å². The van der Waals surface area contributed by atoms with Gasteiger partial charge in [0.1, 0.15) is 5.75 Å². The SMILES string of the molecule is O=[N+]([O-])c1cc(S(=O)(=O)Nc2ccccc2)ccc1Oc1ccccc1. The topological polar surface area (TPSA) is 98.5 Å². The number of nitro benzene ring substituents is 1. The molecule has 0 aliphatic heterocycles. The van der Waals surface area contributed by atoms with Crippen LogP contribution in [0.25, 0.3) is 0 Å². The first-order chi connectivity index (χ1) is 12.5. The Morgan fingerprint density at radius 3 is 2.12 bits per heavy atom. The van der Waals surface area contributed by atoms with Gasteiger partial charge in [-0.15, -0.1) is 0 Å². The molecule has 0 atom stereocenters. The van der Waals surface area contributed by atoms with Crippen molar-refractivity contribution in [1.29, 1.82) is 0 Å². The van der Waals surface area contributed by atoms with Crippen molar-refractivity contribution in [2.45, 2.75) is 4.90 Å². The molecule has 3 rings (SSSR count). The Kier molecular flexibility index (Phi) is 4.85. The van der Waals surface area contributed by atoms with E-state index < -0.39 is 20.6 Å². The lowest BCUT2D eigenvalue weighted by molar-refractivity contribution is -0.385. The van der Waals surface area contributed by atoms with Crippen LogP contribution in [0, 0.1) is 10.1 Å². The molecule has 3 aromatic carbocycles. The van der Waals surface area contributed by atoms with E-state index in [2.05, 4.69) is 4.72 Å². The molecule has 132 valence electrons. The van der Waals surface area contributed by atoms with Crippen molar-refractivity contribution in [2.24, 2.45) is 0 Å². The first-order valence-corrected chi connectivity index (χ1v) is 9.03. The van der Waals surface area contributed by atoms with Crippen LogP contribution < -0.4 is 9.46 Å². The second kappa shape index (κ2) is 7.24. The fourth-order valence-electron chi connectivity index (χ4n) is 2.23. The zero-order chi connectivity index (χ0) is 18.6. The summed E-state index contributed by atoms with van der Waals surface area (Å²) in [4.78, 5) is 10.5. The Bertz CT molecular complexity index is 1020. The summed E-state index contributed by atoms with van der Waals surface area (Å²) in [5.74, 6) is 0.369. The molecule has 0 unspecified atom stereocenters. The minimum Gasteiger partial charge on any atom is -0.450 e. The number of hydrogen-bond donors (Lipinski definition) is 1. The smallest absolute Gasteiger partial charge is 0.312 e. The van der Waals surface area contributed by atoms with Crippen LogP contribution in [0.1, 0.15) is 0 Å². The van der Waals surface area contributed by atoms with Gasteiger partial charge in [-0.3, -0.25) is 14.8 Å². The van der Waals surface area contributed by atoms with Gasteiger partial charge in [0.05, 0.1) is 9.82 Å². The van der Waals surface area contributed by atoms with Gasteiger partial charge in [0, 0.05) is 11.8 Å². The van der Waals surface area contributed by atoms with Crippen LogP contribution in [0.5, 0.6) is 11.5 Å². The van der Waals surface area contributed by atoms with E-state index in [9.17, 15) is 18.5 Å². The van der Waals surface area contributed by atoms with E-state index in [0.29, 0.717) is 11.4 Å². The van der Waals surface area contributed by atoms with Crippen LogP contribution >= 0.6 is 0 Å². The molecule has 26 heavy (non-hydrogen) atoms. The number of hydrogen-bond acceptors (Lipinski definition) is 5. The lowest BCUT2D eigenvalue weighted by Crippen LogP contribution is -2.13. The number of benzene rings is 3. The van der Waals surface area contributed by atoms with Crippen LogP contribution in [-0.2, 0) is 10.0 Å². The van der Waals surface area contributed by atoms with Gasteiger partial charge in [0.25, 0.3) is 10.0 Å². The quantitative estimate of drug-likeness (QED) is 0.518. The van der Waals surface area contributed by atoms with E-state index >= 15 is 0 Å². The molecule has 0 amide bonds. The summed E-state index contributed by atoms with van der Waals surface area (Å²) in [5.41, 5.74) is -0.0791. The van der Waals surface area contributed by atoms with E-state index in [4.69, 9.17) is 4.74 Å². The number of anilines is 1. The highest BCUT2D eigenvalue weighted by molar-refractivity contribution is 7.92. The molecule has 0 spiro atoms. The summed E-state index contributed by atoms with van der Waals surface area (Å²) in [6.07, 6.45) is 0. The van der Waals surface area contributed by atoms with Gasteiger partial charge in [-0.1, -0.05) is 36.4 Å². The lowest BCUT2D eigenvalue weighted by atomic mass is 10.3. The van der Waals surface area contributed by atoms with E-state index in [-0.39, 0.29) is 10.6 Å². The largest absolute Gasteiger partial charge is 0.450 e. The minimum absolute atomic E-state index is 0.0418. The van der Waals surface area contributed by atoms with Gasteiger partial charge in [0.15, 0.2) is 0 Å². The highest BCUT2D eigenvalue weighted by Gasteiger charge is 2.23. The lowest BCUT2D eigenvalue weighted by Gasteiger charge is -2.10. The summed E-state index contributed by atoms with van der Waals surface area (Å²) in [7, 11) is -3.97. The average Bonchev–Trinajstić information content (AvgIpc) is 2.63. The number of nitro groups is 1. The number of sulfonamides is 1. The first-order valence-electron chi connectivity index (χ1n) is 7.55. The molecule has 0 bridgehead atoms. The Balaban J connectivity index is 1.94. The van der Waals surface area contributed by atoms with Gasteiger partial charge in [-0.2, -0.15) is 0 Å². The molecule has 3 aromatic rings. The number of ether oxygens (including phenoxy) is 1. The fraction of sp³-hybridized carbons (Fsp3) is 0. The molecule has 0 fully saturated rings. The average molecular weight is 370 g/mol. The number of nitrogens with one attached hydrogen (secondary N) is 1. The molecule has 0 aromatic heterocycles. The number of para-hydroxylation sites is 2. The molecule has 1 N–H and O–H groups in total. The van der Waals surface area contributed by atoms with Crippen molar-refractivity contribution in [3.8, 4) is 11.5 Å². The van der Waals surface area contributed by atoms with Crippen molar-refractivity contribution < 1.29 is 18.1 Å². The van der Waals surface area contributed by atoms with Gasteiger partial charge in [0.2, 0.25) is 5.75 Å². The maximum Gasteiger partial charge on any atom is 0.312 e. The zero-order valence-electron chi connectivity index (χ0n) is 13.4. The molecule has 7 nitrogen and oxygen atoms in total. The highest BCUT2D eigenvalue weighted by Crippen LogP contribution is 2.33. The molecular formula is C18H14N2O5S. The normalized spacial score (nSPS) is 10.9. The number of nitrogens with zero attached hydrogens (tertiary/aromatic N) is 1. The van der Waals surface area contributed by atoms with Crippen LogP contribution in [0.3, 0.4) is 0 Å². The standard InChI is InChI=1S/C18H14N2O5S/c21-20(22)17-13-16(26(23,24)19-14-7-3-1-4-8-14)11-12-18(17)25-15-9-5-2-6-10-15/h1-13,19H. The molecule has 0 aliphatic carbocycles. The van der Waals surface area contributed by atoms with Crippen molar-refractivity contribution >= 4 is 21.4 Å². The van der Waals surface area contributed by atoms with Crippen LogP contribution in [0.2, 0.25) is 0 Å². The van der Waals surface area contributed by atoms with E-state index in [1.165, 1.54) is 12.1 Å². The van der Waals surface area contributed by atoms with Crippen molar-refractivity contribution in [3.63, 3.8) is 0 Å². The maximum atomic E-state index is 12.5. The monoisotopic (exact) mass is 370 g/mol. The van der Waals surface area contributed by atoms with Crippen LogP contribution in [0.4, 0.5) is 11.4 Å². The summed E-state index contributed by atoms with van der Waals surface area (Å²) < 4.78 is 32.8. The Morgan fingerprint density at radius 2 is 1.50 bits per heavy atom. The Morgan fingerprint density at radius 1 is 0.885 bits per heavy atom. The van der Waals surface area contributed by atoms with Crippen molar-refractivity contribution in [3.05, 3.63) is 89.0 Å². The molecule has 0 radical (unpaired) electrons. The third kappa shape index (κ3) is 3.98. The number of rotatable bonds is 6. The summed E-state index contributed by atoms with van der Waals surface area (Å²) in [5, 5.41) is 11.4. The molecule has 0 heterocycles. The third-order valence-corrected chi connectivity index (χ3v) is 4.81. The summed E-state index contributed by atoms with van der Waals surface area (Å²) >= 11 is 0. The van der Waals surface area contributed by atoms with E-state index in [0.717, 1.165) is 6.07 Å². The first kappa shape index (κ1) is 17.4. The highest BCUT2D eigenvalue weighted by atomic mass is 32.2. The zero-order valence-corrected chi connectivity index (χ0v) is 14.2. The Hall–Kier alpha value is -3.39. The van der Waals surface area contributed by atoms with Gasteiger partial charge in [-0.05, 0) is 36.4 Å². The second-order valence-corrected chi connectivity index (χ2v) is 6.96. The van der Waals surface area contributed by atoms with Crippen molar-refractivity contribution in [2.75, 3.05) is 4.72 Å². The van der Waals surface area contributed by atoms with Gasteiger partial charge in [-0.25, -0.2) is 8.42 Å². The third-order valence-electron chi connectivity index (χ3n) is 3.43. The maximum absolute atomic E-state index is 12.5. The van der Waals surface area contributed by atoms with Crippen LogP contribution in [0.15, 0.2) is 83.8 Å².